The molecule has 0 radical (unpaired) electrons. The van der Waals surface area contributed by atoms with E-state index in [1.54, 1.807) is 16.2 Å². The van der Waals surface area contributed by atoms with Crippen LogP contribution in [0.3, 0.4) is 0 Å². The molecule has 4 heterocycles. The van der Waals surface area contributed by atoms with Crippen molar-refractivity contribution in [2.24, 2.45) is 0 Å². The van der Waals surface area contributed by atoms with E-state index in [4.69, 9.17) is 14.5 Å². The highest BCUT2D eigenvalue weighted by Gasteiger charge is 2.26. The molecule has 2 aliphatic heterocycles. The van der Waals surface area contributed by atoms with Gasteiger partial charge < -0.3 is 19.3 Å². The van der Waals surface area contributed by atoms with Gasteiger partial charge in [-0.1, -0.05) is 0 Å². The first kappa shape index (κ1) is 21.3. The summed E-state index contributed by atoms with van der Waals surface area (Å²) >= 11 is 1.78. The summed E-state index contributed by atoms with van der Waals surface area (Å²) < 4.78 is 12.1. The van der Waals surface area contributed by atoms with Crippen molar-refractivity contribution in [2.45, 2.75) is 39.8 Å². The van der Waals surface area contributed by atoms with Gasteiger partial charge in [-0.15, -0.1) is 11.3 Å². The number of thiophene rings is 1. The van der Waals surface area contributed by atoms with Crippen LogP contribution in [0.1, 0.15) is 31.5 Å². The maximum Gasteiger partial charge on any atom is 0.410 e. The molecule has 0 saturated carbocycles. The molecule has 0 aliphatic carbocycles. The van der Waals surface area contributed by atoms with Crippen molar-refractivity contribution in [2.75, 3.05) is 57.4 Å². The highest BCUT2D eigenvalue weighted by molar-refractivity contribution is 7.19. The minimum Gasteiger partial charge on any atom is -0.444 e. The number of piperazine rings is 1. The Balaban J connectivity index is 1.42. The number of carbonyl (C=O) groups is 1. The van der Waals surface area contributed by atoms with Crippen molar-refractivity contribution in [1.29, 1.82) is 0 Å². The van der Waals surface area contributed by atoms with Crippen LogP contribution in [0.4, 0.5) is 10.6 Å². The quantitative estimate of drug-likeness (QED) is 0.737. The molecule has 30 heavy (non-hydrogen) atoms. The first-order chi connectivity index (χ1) is 14.3. The lowest BCUT2D eigenvalue weighted by molar-refractivity contribution is 0.0140. The van der Waals surface area contributed by atoms with E-state index >= 15 is 0 Å². The SMILES string of the molecule is Cc1nc(N2CCOCC2)c2sc(CN3CCN(C(=O)OC(C)(C)C)CC3)cc2n1. The fraction of sp³-hybridized carbons (Fsp3) is 0.667. The van der Waals surface area contributed by atoms with Crippen LogP contribution in [-0.4, -0.2) is 83.9 Å². The average molecular weight is 434 g/mol. The summed E-state index contributed by atoms with van der Waals surface area (Å²) in [5.74, 6) is 1.84. The van der Waals surface area contributed by atoms with Crippen molar-refractivity contribution in [1.82, 2.24) is 19.8 Å². The maximum atomic E-state index is 12.3. The van der Waals surface area contributed by atoms with Crippen LogP contribution in [0.2, 0.25) is 0 Å². The van der Waals surface area contributed by atoms with E-state index < -0.39 is 5.60 Å². The van der Waals surface area contributed by atoms with Gasteiger partial charge in [0.05, 0.1) is 23.4 Å². The van der Waals surface area contributed by atoms with E-state index in [-0.39, 0.29) is 6.09 Å². The highest BCUT2D eigenvalue weighted by Crippen LogP contribution is 2.33. The van der Waals surface area contributed by atoms with E-state index in [2.05, 4.69) is 20.9 Å². The van der Waals surface area contributed by atoms with Crippen molar-refractivity contribution in [3.05, 3.63) is 16.8 Å². The normalized spacial score (nSPS) is 18.8. The van der Waals surface area contributed by atoms with Gasteiger partial charge in [-0.05, 0) is 33.8 Å². The van der Waals surface area contributed by atoms with Crippen LogP contribution >= 0.6 is 11.3 Å². The van der Waals surface area contributed by atoms with Gasteiger partial charge >= 0.3 is 6.09 Å². The fourth-order valence-corrected chi connectivity index (χ4v) is 4.94. The highest BCUT2D eigenvalue weighted by atomic mass is 32.1. The van der Waals surface area contributed by atoms with Gasteiger partial charge in [0, 0.05) is 50.7 Å². The molecule has 9 heteroatoms. The molecule has 164 valence electrons. The van der Waals surface area contributed by atoms with Gasteiger partial charge in [-0.25, -0.2) is 14.8 Å². The molecule has 0 bridgehead atoms. The summed E-state index contributed by atoms with van der Waals surface area (Å²) in [5, 5.41) is 0. The van der Waals surface area contributed by atoms with Crippen molar-refractivity contribution < 1.29 is 14.3 Å². The number of carbonyl (C=O) groups excluding carboxylic acids is 1. The van der Waals surface area contributed by atoms with Crippen LogP contribution in [0.25, 0.3) is 10.2 Å². The lowest BCUT2D eigenvalue weighted by Gasteiger charge is -2.35. The minimum absolute atomic E-state index is 0.218. The summed E-state index contributed by atoms with van der Waals surface area (Å²) in [6, 6.07) is 2.19. The molecule has 0 atom stereocenters. The third-order valence-corrected chi connectivity index (χ3v) is 6.34. The van der Waals surface area contributed by atoms with Gasteiger partial charge in [0.2, 0.25) is 0 Å². The Morgan fingerprint density at radius 1 is 1.13 bits per heavy atom. The third-order valence-electron chi connectivity index (χ3n) is 5.23. The summed E-state index contributed by atoms with van der Waals surface area (Å²) in [4.78, 5) is 29.5. The average Bonchev–Trinajstić information content (AvgIpc) is 3.09. The molecule has 8 nitrogen and oxygen atoms in total. The van der Waals surface area contributed by atoms with E-state index in [0.717, 1.165) is 67.8 Å². The summed E-state index contributed by atoms with van der Waals surface area (Å²) in [7, 11) is 0. The Hall–Kier alpha value is -1.97. The molecular weight excluding hydrogens is 402 g/mol. The molecule has 4 rings (SSSR count). The topological polar surface area (TPSA) is 71.0 Å². The number of morpholine rings is 1. The second kappa shape index (κ2) is 8.64. The molecular formula is C21H31N5O3S. The smallest absolute Gasteiger partial charge is 0.410 e. The Morgan fingerprint density at radius 2 is 1.83 bits per heavy atom. The van der Waals surface area contributed by atoms with Gasteiger partial charge in [-0.2, -0.15) is 0 Å². The number of hydrogen-bond acceptors (Lipinski definition) is 8. The zero-order valence-electron chi connectivity index (χ0n) is 18.3. The van der Waals surface area contributed by atoms with E-state index in [9.17, 15) is 4.79 Å². The molecule has 1 amide bonds. The molecule has 0 spiro atoms. The van der Waals surface area contributed by atoms with E-state index in [1.807, 2.05) is 27.7 Å². The standard InChI is InChI=1S/C21H31N5O3S/c1-15-22-17-13-16(30-18(17)19(23-15)25-9-11-28-12-10-25)14-24-5-7-26(8-6-24)20(27)29-21(2,3)4/h13H,5-12,14H2,1-4H3. The Morgan fingerprint density at radius 3 is 2.50 bits per heavy atom. The minimum atomic E-state index is -0.456. The van der Waals surface area contributed by atoms with Crippen LogP contribution in [-0.2, 0) is 16.0 Å². The second-order valence-electron chi connectivity index (χ2n) is 8.86. The molecule has 2 aromatic rings. The van der Waals surface area contributed by atoms with Crippen LogP contribution < -0.4 is 4.90 Å². The number of amides is 1. The van der Waals surface area contributed by atoms with Crippen molar-refractivity contribution >= 4 is 33.5 Å². The molecule has 2 aromatic heterocycles. The molecule has 0 unspecified atom stereocenters. The number of nitrogens with zero attached hydrogens (tertiary/aromatic N) is 5. The first-order valence-electron chi connectivity index (χ1n) is 10.6. The van der Waals surface area contributed by atoms with Gasteiger partial charge in [0.1, 0.15) is 11.4 Å². The molecule has 0 N–H and O–H groups in total. The van der Waals surface area contributed by atoms with Crippen LogP contribution in [0.5, 0.6) is 0 Å². The van der Waals surface area contributed by atoms with E-state index in [0.29, 0.717) is 13.1 Å². The number of rotatable bonds is 3. The number of hydrogen-bond donors (Lipinski definition) is 0. The molecule has 2 fully saturated rings. The lowest BCUT2D eigenvalue weighted by Crippen LogP contribution is -2.49. The predicted molar refractivity (Wildman–Crippen MR) is 118 cm³/mol. The van der Waals surface area contributed by atoms with Gasteiger partial charge in [-0.3, -0.25) is 4.90 Å². The summed E-state index contributed by atoms with van der Waals surface area (Å²) in [5.41, 5.74) is 0.569. The zero-order chi connectivity index (χ0) is 21.3. The first-order valence-corrected chi connectivity index (χ1v) is 11.4. The summed E-state index contributed by atoms with van der Waals surface area (Å²) in [6.45, 7) is 14.8. The number of aromatic nitrogens is 2. The number of ether oxygens (including phenoxy) is 2. The van der Waals surface area contributed by atoms with Gasteiger partial charge in [0.25, 0.3) is 0 Å². The van der Waals surface area contributed by atoms with Crippen LogP contribution in [0, 0.1) is 6.92 Å². The molecule has 0 aromatic carbocycles. The molecule has 2 aliphatic rings. The number of fused-ring (bicyclic) bond motifs is 1. The van der Waals surface area contributed by atoms with Crippen molar-refractivity contribution in [3.63, 3.8) is 0 Å². The largest absolute Gasteiger partial charge is 0.444 e. The van der Waals surface area contributed by atoms with Crippen LogP contribution in [0.15, 0.2) is 6.07 Å². The second-order valence-corrected chi connectivity index (χ2v) is 10.0. The number of anilines is 1. The Bertz CT molecular complexity index is 896. The summed E-state index contributed by atoms with van der Waals surface area (Å²) in [6.07, 6.45) is -0.218. The Labute approximate surface area is 181 Å². The maximum absolute atomic E-state index is 12.3. The van der Waals surface area contributed by atoms with Crippen molar-refractivity contribution in [3.8, 4) is 0 Å². The predicted octanol–water partition coefficient (Wildman–Crippen LogP) is 2.89. The molecule has 2 saturated heterocycles. The number of aryl methyl sites for hydroxylation is 1. The lowest BCUT2D eigenvalue weighted by atomic mass is 10.2. The Kier molecular flexibility index (Phi) is 6.13. The monoisotopic (exact) mass is 433 g/mol. The third kappa shape index (κ3) is 5.01. The zero-order valence-corrected chi connectivity index (χ0v) is 19.1. The fourth-order valence-electron chi connectivity index (χ4n) is 3.78. The van der Waals surface area contributed by atoms with Gasteiger partial charge in [0.15, 0.2) is 5.82 Å². The van der Waals surface area contributed by atoms with E-state index in [1.165, 1.54) is 4.88 Å².